The van der Waals surface area contributed by atoms with E-state index in [2.05, 4.69) is 5.32 Å². The average Bonchev–Trinajstić information content (AvgIpc) is 2.61. The number of ether oxygens (including phenoxy) is 1. The van der Waals surface area contributed by atoms with Crippen LogP contribution in [0.3, 0.4) is 0 Å². The molecule has 7 nitrogen and oxygen atoms in total. The maximum Gasteiger partial charge on any atom is 0.340 e. The van der Waals surface area contributed by atoms with Crippen LogP contribution in [0.25, 0.3) is 11.0 Å². The first kappa shape index (κ1) is 19.9. The van der Waals surface area contributed by atoms with E-state index in [-0.39, 0.29) is 24.0 Å². The number of fused-ring (bicyclic) bond motifs is 2. The Morgan fingerprint density at radius 2 is 2.04 bits per heavy atom. The Morgan fingerprint density at radius 1 is 1.32 bits per heavy atom. The quantitative estimate of drug-likeness (QED) is 0.778. The lowest BCUT2D eigenvalue weighted by molar-refractivity contribution is -0.308. The molecule has 1 atom stereocenters. The van der Waals surface area contributed by atoms with Crippen LogP contribution >= 0.6 is 0 Å². The summed E-state index contributed by atoms with van der Waals surface area (Å²) >= 11 is 0. The van der Waals surface area contributed by atoms with Gasteiger partial charge < -0.3 is 24.4 Å². The second kappa shape index (κ2) is 7.30. The van der Waals surface area contributed by atoms with Crippen LogP contribution in [0.1, 0.15) is 50.3 Å². The van der Waals surface area contributed by atoms with Gasteiger partial charge in [0.1, 0.15) is 16.9 Å². The second-order valence-electron chi connectivity index (χ2n) is 7.84. The Balaban J connectivity index is 1.96. The maximum atomic E-state index is 12.5. The van der Waals surface area contributed by atoms with Gasteiger partial charge in [0.15, 0.2) is 0 Å². The van der Waals surface area contributed by atoms with Crippen molar-refractivity contribution in [1.82, 2.24) is 5.32 Å². The molecule has 7 heteroatoms. The Hall–Kier alpha value is -2.83. The molecule has 1 aromatic carbocycles. The predicted octanol–water partition coefficient (Wildman–Crippen LogP) is 1.39. The molecule has 0 unspecified atom stereocenters. The highest BCUT2D eigenvalue weighted by molar-refractivity contribution is 5.87. The number of hydrogen-bond acceptors (Lipinski definition) is 6. The average molecular weight is 386 g/mol. The zero-order chi connectivity index (χ0) is 20.6. The van der Waals surface area contributed by atoms with Gasteiger partial charge >= 0.3 is 5.63 Å². The minimum Gasteiger partial charge on any atom is -0.548 e. The van der Waals surface area contributed by atoms with Gasteiger partial charge in [0.25, 0.3) is 0 Å². The molecule has 1 aromatic heterocycles. The summed E-state index contributed by atoms with van der Waals surface area (Å²) < 4.78 is 11.4. The van der Waals surface area contributed by atoms with E-state index < -0.39 is 23.5 Å². The lowest BCUT2D eigenvalue weighted by Crippen LogP contribution is -2.48. The van der Waals surface area contributed by atoms with Crippen LogP contribution in [0.5, 0.6) is 5.75 Å². The van der Waals surface area contributed by atoms with Crippen molar-refractivity contribution in [3.63, 3.8) is 0 Å². The van der Waals surface area contributed by atoms with E-state index in [1.54, 1.807) is 19.9 Å². The van der Waals surface area contributed by atoms with Gasteiger partial charge in [0.05, 0.1) is 24.0 Å². The summed E-state index contributed by atoms with van der Waals surface area (Å²) in [4.78, 5) is 35.7. The van der Waals surface area contributed by atoms with Crippen molar-refractivity contribution in [2.24, 2.45) is 0 Å². The fourth-order valence-electron chi connectivity index (χ4n) is 3.47. The molecule has 0 spiro atoms. The van der Waals surface area contributed by atoms with E-state index in [1.807, 2.05) is 19.9 Å². The Bertz CT molecular complexity index is 1000. The number of aryl methyl sites for hydroxylation is 2. The van der Waals surface area contributed by atoms with Crippen LogP contribution in [0.15, 0.2) is 21.3 Å². The van der Waals surface area contributed by atoms with E-state index in [4.69, 9.17) is 9.15 Å². The predicted molar refractivity (Wildman–Crippen MR) is 101 cm³/mol. The topological polar surface area (TPSA) is 109 Å². The van der Waals surface area contributed by atoms with Crippen LogP contribution in [0, 0.1) is 6.92 Å². The first-order valence-electron chi connectivity index (χ1n) is 9.39. The number of carbonyl (C=O) groups is 2. The van der Waals surface area contributed by atoms with Gasteiger partial charge in [-0.05, 0) is 57.2 Å². The molecule has 0 radical (unpaired) electrons. The minimum absolute atomic E-state index is 0.196. The third-order valence-corrected chi connectivity index (χ3v) is 5.22. The monoisotopic (exact) mass is 386 g/mol. The van der Waals surface area contributed by atoms with E-state index in [1.165, 1.54) is 0 Å². The molecular formula is C21H24NO6-. The van der Waals surface area contributed by atoms with Crippen molar-refractivity contribution in [2.75, 3.05) is 0 Å². The molecule has 0 bridgehead atoms. The van der Waals surface area contributed by atoms with Gasteiger partial charge in [0.2, 0.25) is 5.91 Å². The summed E-state index contributed by atoms with van der Waals surface area (Å²) in [6.45, 7) is 7.42. The zero-order valence-electron chi connectivity index (χ0n) is 16.5. The number of amides is 1. The highest BCUT2D eigenvalue weighted by Gasteiger charge is 2.28. The first-order valence-corrected chi connectivity index (χ1v) is 9.39. The third-order valence-electron chi connectivity index (χ3n) is 5.22. The fraction of sp³-hybridized carbons (Fsp3) is 0.476. The summed E-state index contributed by atoms with van der Waals surface area (Å²) in [5, 5.41) is 14.1. The van der Waals surface area contributed by atoms with Crippen molar-refractivity contribution in [3.05, 3.63) is 39.2 Å². The molecule has 2 heterocycles. The summed E-state index contributed by atoms with van der Waals surface area (Å²) in [6, 6.07) is 2.58. The molecule has 1 N–H and O–H groups in total. The van der Waals surface area contributed by atoms with Crippen LogP contribution in [0.2, 0.25) is 0 Å². The molecule has 2 aromatic rings. The minimum atomic E-state index is -1.35. The summed E-state index contributed by atoms with van der Waals surface area (Å²) in [5.41, 5.74) is 1.41. The summed E-state index contributed by atoms with van der Waals surface area (Å²) in [5.74, 6) is -1.21. The van der Waals surface area contributed by atoms with Crippen molar-refractivity contribution < 1.29 is 23.8 Å². The smallest absolute Gasteiger partial charge is 0.340 e. The van der Waals surface area contributed by atoms with Gasteiger partial charge in [-0.1, -0.05) is 6.92 Å². The van der Waals surface area contributed by atoms with Crippen molar-refractivity contribution >= 4 is 22.8 Å². The molecule has 1 amide bonds. The molecule has 0 saturated carbocycles. The number of hydrogen-bond donors (Lipinski definition) is 1. The van der Waals surface area contributed by atoms with Gasteiger partial charge in [-0.2, -0.15) is 0 Å². The van der Waals surface area contributed by atoms with E-state index in [0.717, 1.165) is 23.8 Å². The van der Waals surface area contributed by atoms with Gasteiger partial charge in [-0.15, -0.1) is 0 Å². The second-order valence-corrected chi connectivity index (χ2v) is 7.84. The van der Waals surface area contributed by atoms with Gasteiger partial charge in [-0.25, -0.2) is 4.79 Å². The molecule has 1 aliphatic rings. The van der Waals surface area contributed by atoms with Gasteiger partial charge in [-0.3, -0.25) is 4.79 Å². The van der Waals surface area contributed by atoms with Crippen molar-refractivity contribution in [1.29, 1.82) is 0 Å². The Kier molecular flexibility index (Phi) is 5.19. The molecule has 0 saturated heterocycles. The number of carboxylic acids is 1. The number of rotatable bonds is 5. The lowest BCUT2D eigenvalue weighted by atomic mass is 9.92. The third kappa shape index (κ3) is 3.88. The molecule has 1 aliphatic heterocycles. The molecular weight excluding hydrogens is 362 g/mol. The number of nitrogens with one attached hydrogen (secondary N) is 1. The van der Waals surface area contributed by atoms with E-state index in [9.17, 15) is 19.5 Å². The normalized spacial score (nSPS) is 16.1. The standard InChI is InChI=1S/C21H25NO6/c1-5-15(19(24)25)22-18(23)9-14-11(2)13-8-12-6-7-21(3,4)28-16(12)10-17(13)27-20(14)26/h8,10,15H,5-7,9H2,1-4H3,(H,22,23)(H,24,25)/p-1/t15-/m1/s1. The lowest BCUT2D eigenvalue weighted by Gasteiger charge is -2.32. The number of carboxylic acid groups (broad SMARTS) is 1. The maximum absolute atomic E-state index is 12.5. The number of benzene rings is 1. The van der Waals surface area contributed by atoms with E-state index >= 15 is 0 Å². The largest absolute Gasteiger partial charge is 0.548 e. The van der Waals surface area contributed by atoms with Crippen LogP contribution in [-0.2, 0) is 22.4 Å². The zero-order valence-corrected chi connectivity index (χ0v) is 16.5. The number of carbonyl (C=O) groups excluding carboxylic acids is 2. The Labute approximate surface area is 162 Å². The van der Waals surface area contributed by atoms with Crippen LogP contribution < -0.4 is 20.8 Å². The number of aliphatic carboxylic acids is 1. The first-order chi connectivity index (χ1) is 13.1. The summed E-state index contributed by atoms with van der Waals surface area (Å²) in [6.07, 6.45) is 1.66. The highest BCUT2D eigenvalue weighted by atomic mass is 16.5. The SMILES string of the molecule is CC[C@@H](NC(=O)Cc1c(C)c2cc3c(cc2oc1=O)OC(C)(C)CC3)C(=O)[O-]. The molecule has 28 heavy (non-hydrogen) atoms. The fourth-order valence-corrected chi connectivity index (χ4v) is 3.47. The van der Waals surface area contributed by atoms with E-state index in [0.29, 0.717) is 16.9 Å². The van der Waals surface area contributed by atoms with Crippen LogP contribution in [-0.4, -0.2) is 23.5 Å². The molecule has 0 fully saturated rings. The molecule has 3 rings (SSSR count). The highest BCUT2D eigenvalue weighted by Crippen LogP contribution is 2.36. The van der Waals surface area contributed by atoms with Gasteiger partial charge in [0, 0.05) is 11.5 Å². The molecule has 150 valence electrons. The van der Waals surface area contributed by atoms with Crippen molar-refractivity contribution in [2.45, 2.75) is 65.0 Å². The molecule has 0 aliphatic carbocycles. The van der Waals surface area contributed by atoms with Crippen molar-refractivity contribution in [3.8, 4) is 5.75 Å². The summed E-state index contributed by atoms with van der Waals surface area (Å²) in [7, 11) is 0. The Morgan fingerprint density at radius 3 is 2.68 bits per heavy atom. The van der Waals surface area contributed by atoms with Crippen LogP contribution in [0.4, 0.5) is 0 Å².